The molecule has 0 atom stereocenters. The van der Waals surface area contributed by atoms with Crippen LogP contribution in [0.15, 0.2) is 40.9 Å². The van der Waals surface area contributed by atoms with Gasteiger partial charge in [0, 0.05) is 4.47 Å². The van der Waals surface area contributed by atoms with Crippen molar-refractivity contribution < 1.29 is 19.1 Å². The monoisotopic (exact) mass is 350 g/mol. The first-order chi connectivity index (χ1) is 10.1. The molecule has 4 nitrogen and oxygen atoms in total. The van der Waals surface area contributed by atoms with Crippen molar-refractivity contribution in [2.45, 2.75) is 13.3 Å². The van der Waals surface area contributed by atoms with Crippen LogP contribution in [0.2, 0.25) is 0 Å². The number of halogens is 1. The summed E-state index contributed by atoms with van der Waals surface area (Å²) in [6.45, 7) is 1.83. The number of hydrogen-bond donors (Lipinski definition) is 0. The first-order valence-electron chi connectivity index (χ1n) is 6.58. The third kappa shape index (κ3) is 4.56. The van der Waals surface area contributed by atoms with Gasteiger partial charge in [-0.15, -0.1) is 0 Å². The standard InChI is InChI=1S/C16H15BrO4/c1-2-20-16(19)9-14(18)10-21-15-6-4-11-7-13(17)5-3-12(11)8-15/h3-8H,2,9-10H2,1H3. The minimum atomic E-state index is -0.519. The third-order valence-electron chi connectivity index (χ3n) is 2.82. The summed E-state index contributed by atoms with van der Waals surface area (Å²) in [6.07, 6.45) is -0.256. The lowest BCUT2D eigenvalue weighted by molar-refractivity contribution is -0.145. The Balaban J connectivity index is 1.95. The number of ketones is 1. The van der Waals surface area contributed by atoms with Gasteiger partial charge in [-0.2, -0.15) is 0 Å². The van der Waals surface area contributed by atoms with Crippen LogP contribution in [-0.4, -0.2) is 25.0 Å². The Morgan fingerprint density at radius 1 is 1.10 bits per heavy atom. The van der Waals surface area contributed by atoms with Crippen molar-refractivity contribution in [3.05, 3.63) is 40.9 Å². The average Bonchev–Trinajstić information content (AvgIpc) is 2.45. The summed E-state index contributed by atoms with van der Waals surface area (Å²) in [5.74, 6) is -0.221. The van der Waals surface area contributed by atoms with Gasteiger partial charge < -0.3 is 9.47 Å². The van der Waals surface area contributed by atoms with Crippen molar-refractivity contribution in [3.8, 4) is 5.75 Å². The van der Waals surface area contributed by atoms with Crippen molar-refractivity contribution in [2.24, 2.45) is 0 Å². The van der Waals surface area contributed by atoms with Crippen LogP contribution in [0.25, 0.3) is 10.8 Å². The largest absolute Gasteiger partial charge is 0.486 e. The zero-order valence-electron chi connectivity index (χ0n) is 11.6. The van der Waals surface area contributed by atoms with E-state index in [0.29, 0.717) is 5.75 Å². The van der Waals surface area contributed by atoms with Gasteiger partial charge in [-0.1, -0.05) is 28.1 Å². The fraction of sp³-hybridized carbons (Fsp3) is 0.250. The van der Waals surface area contributed by atoms with Crippen molar-refractivity contribution in [1.29, 1.82) is 0 Å². The summed E-state index contributed by atoms with van der Waals surface area (Å²) in [7, 11) is 0. The topological polar surface area (TPSA) is 52.6 Å². The number of hydrogen-bond acceptors (Lipinski definition) is 4. The van der Waals surface area contributed by atoms with Gasteiger partial charge in [0.05, 0.1) is 6.61 Å². The predicted molar refractivity (Wildman–Crippen MR) is 83.4 cm³/mol. The fourth-order valence-corrected chi connectivity index (χ4v) is 2.25. The van der Waals surface area contributed by atoms with E-state index in [9.17, 15) is 9.59 Å². The molecule has 0 fully saturated rings. The molecule has 0 amide bonds. The van der Waals surface area contributed by atoms with Crippen LogP contribution in [-0.2, 0) is 14.3 Å². The van der Waals surface area contributed by atoms with Crippen molar-refractivity contribution in [2.75, 3.05) is 13.2 Å². The molecular formula is C16H15BrO4. The van der Waals surface area contributed by atoms with E-state index in [1.807, 2.05) is 30.3 Å². The van der Waals surface area contributed by atoms with E-state index in [-0.39, 0.29) is 25.4 Å². The van der Waals surface area contributed by atoms with E-state index < -0.39 is 5.97 Å². The maximum atomic E-state index is 11.6. The lowest BCUT2D eigenvalue weighted by atomic mass is 10.1. The van der Waals surface area contributed by atoms with Gasteiger partial charge >= 0.3 is 5.97 Å². The average molecular weight is 351 g/mol. The number of fused-ring (bicyclic) bond motifs is 1. The van der Waals surface area contributed by atoms with Gasteiger partial charge in [0.2, 0.25) is 0 Å². The summed E-state index contributed by atoms with van der Waals surface area (Å²) in [6, 6.07) is 11.5. The first-order valence-corrected chi connectivity index (χ1v) is 7.37. The second-order valence-corrected chi connectivity index (χ2v) is 5.38. The normalized spacial score (nSPS) is 10.4. The summed E-state index contributed by atoms with van der Waals surface area (Å²) in [5.41, 5.74) is 0. The highest BCUT2D eigenvalue weighted by Crippen LogP contribution is 2.24. The van der Waals surface area contributed by atoms with E-state index in [4.69, 9.17) is 9.47 Å². The first kappa shape index (κ1) is 15.5. The van der Waals surface area contributed by atoms with Crippen LogP contribution in [0.3, 0.4) is 0 Å². The summed E-state index contributed by atoms with van der Waals surface area (Å²) >= 11 is 3.42. The zero-order valence-corrected chi connectivity index (χ0v) is 13.2. The molecule has 0 spiro atoms. The predicted octanol–water partition coefficient (Wildman–Crippen LogP) is 3.50. The zero-order chi connectivity index (χ0) is 15.2. The minimum absolute atomic E-state index is 0.138. The molecule has 0 heterocycles. The molecule has 0 aliphatic rings. The fourth-order valence-electron chi connectivity index (χ4n) is 1.87. The molecule has 0 bridgehead atoms. The Kier molecular flexibility index (Phi) is 5.33. The van der Waals surface area contributed by atoms with Gasteiger partial charge in [-0.05, 0) is 42.0 Å². The van der Waals surface area contributed by atoms with Crippen LogP contribution in [0.4, 0.5) is 0 Å². The molecule has 0 aliphatic heterocycles. The van der Waals surface area contributed by atoms with Crippen LogP contribution in [0, 0.1) is 0 Å². The number of carbonyl (C=O) groups excluding carboxylic acids is 2. The quantitative estimate of drug-likeness (QED) is 0.590. The van der Waals surface area contributed by atoms with E-state index in [0.717, 1.165) is 15.2 Å². The molecule has 0 aliphatic carbocycles. The number of Topliss-reactive ketones (excluding diaryl/α,β-unsaturated/α-hetero) is 1. The molecule has 0 radical (unpaired) electrons. The third-order valence-corrected chi connectivity index (χ3v) is 3.31. The number of rotatable bonds is 6. The highest BCUT2D eigenvalue weighted by Gasteiger charge is 2.11. The Hall–Kier alpha value is -1.88. The molecule has 2 aromatic rings. The Labute approximate surface area is 131 Å². The lowest BCUT2D eigenvalue weighted by Crippen LogP contribution is -2.17. The number of carbonyl (C=O) groups is 2. The van der Waals surface area contributed by atoms with E-state index in [1.165, 1.54) is 0 Å². The molecule has 0 saturated heterocycles. The van der Waals surface area contributed by atoms with Gasteiger partial charge in [0.25, 0.3) is 0 Å². The second kappa shape index (κ2) is 7.22. The smallest absolute Gasteiger partial charge is 0.313 e. The van der Waals surface area contributed by atoms with Crippen LogP contribution < -0.4 is 4.74 Å². The van der Waals surface area contributed by atoms with Crippen LogP contribution in [0.5, 0.6) is 5.75 Å². The molecule has 2 rings (SSSR count). The SMILES string of the molecule is CCOC(=O)CC(=O)COc1ccc2cc(Br)ccc2c1. The lowest BCUT2D eigenvalue weighted by Gasteiger charge is -2.07. The van der Waals surface area contributed by atoms with Crippen LogP contribution >= 0.6 is 15.9 Å². The molecule has 2 aromatic carbocycles. The minimum Gasteiger partial charge on any atom is -0.486 e. The molecule has 0 saturated carbocycles. The summed E-state index contributed by atoms with van der Waals surface area (Å²) < 4.78 is 11.1. The summed E-state index contributed by atoms with van der Waals surface area (Å²) in [5, 5.41) is 2.10. The Morgan fingerprint density at radius 2 is 1.81 bits per heavy atom. The maximum Gasteiger partial charge on any atom is 0.313 e. The van der Waals surface area contributed by atoms with E-state index in [1.54, 1.807) is 13.0 Å². The van der Waals surface area contributed by atoms with Gasteiger partial charge in [0.15, 0.2) is 5.78 Å². The molecular weight excluding hydrogens is 336 g/mol. The molecule has 0 unspecified atom stereocenters. The number of esters is 1. The number of ether oxygens (including phenoxy) is 2. The highest BCUT2D eigenvalue weighted by atomic mass is 79.9. The molecule has 110 valence electrons. The van der Waals surface area contributed by atoms with Crippen molar-refractivity contribution >= 4 is 38.5 Å². The molecule has 21 heavy (non-hydrogen) atoms. The Bertz CT molecular complexity index is 666. The van der Waals surface area contributed by atoms with Crippen molar-refractivity contribution in [1.82, 2.24) is 0 Å². The van der Waals surface area contributed by atoms with Crippen molar-refractivity contribution in [3.63, 3.8) is 0 Å². The van der Waals surface area contributed by atoms with Crippen LogP contribution in [0.1, 0.15) is 13.3 Å². The van der Waals surface area contributed by atoms with E-state index >= 15 is 0 Å². The molecule has 5 heteroatoms. The van der Waals surface area contributed by atoms with E-state index in [2.05, 4.69) is 15.9 Å². The molecule has 0 N–H and O–H groups in total. The Morgan fingerprint density at radius 3 is 2.57 bits per heavy atom. The summed E-state index contributed by atoms with van der Waals surface area (Å²) in [4.78, 5) is 22.7. The number of benzene rings is 2. The second-order valence-electron chi connectivity index (χ2n) is 4.46. The maximum absolute atomic E-state index is 11.6. The van der Waals surface area contributed by atoms with Gasteiger partial charge in [-0.3, -0.25) is 9.59 Å². The highest BCUT2D eigenvalue weighted by molar-refractivity contribution is 9.10. The van der Waals surface area contributed by atoms with Gasteiger partial charge in [-0.25, -0.2) is 0 Å². The molecule has 0 aromatic heterocycles. The van der Waals surface area contributed by atoms with Gasteiger partial charge in [0.1, 0.15) is 18.8 Å².